The molecule has 1 aliphatic rings. The van der Waals surface area contributed by atoms with Crippen molar-refractivity contribution in [2.75, 3.05) is 27.2 Å². The molecule has 0 amide bonds. The van der Waals surface area contributed by atoms with Crippen molar-refractivity contribution < 1.29 is 4.74 Å². The van der Waals surface area contributed by atoms with E-state index in [4.69, 9.17) is 4.74 Å². The lowest BCUT2D eigenvalue weighted by Crippen LogP contribution is -2.23. The van der Waals surface area contributed by atoms with Crippen LogP contribution in [0.2, 0.25) is 0 Å². The Morgan fingerprint density at radius 1 is 1.47 bits per heavy atom. The van der Waals surface area contributed by atoms with Gasteiger partial charge in [0.1, 0.15) is 11.3 Å². The Labute approximate surface area is 111 Å². The Hall–Kier alpha value is -1.75. The maximum atomic E-state index is 12.1. The largest absolute Gasteiger partial charge is 0.494 e. The summed E-state index contributed by atoms with van der Waals surface area (Å²) in [5, 5.41) is 0. The monoisotopic (exact) mass is 261 g/mol. The molecule has 102 valence electrons. The summed E-state index contributed by atoms with van der Waals surface area (Å²) in [4.78, 5) is 17.3. The molecule has 1 aliphatic heterocycles. The molecule has 5 nitrogen and oxygen atoms in total. The number of H-pyrrole nitrogens is 1. The van der Waals surface area contributed by atoms with Gasteiger partial charge in [-0.25, -0.2) is 4.79 Å². The molecule has 0 bridgehead atoms. The van der Waals surface area contributed by atoms with Crippen molar-refractivity contribution in [3.05, 3.63) is 28.7 Å². The molecule has 3 rings (SSSR count). The lowest BCUT2D eigenvalue weighted by Gasteiger charge is -2.11. The predicted molar refractivity (Wildman–Crippen MR) is 74.7 cm³/mol. The number of benzene rings is 1. The third kappa shape index (κ3) is 2.14. The first kappa shape index (κ1) is 12.3. The second kappa shape index (κ2) is 4.74. The number of aromatic nitrogens is 2. The number of methoxy groups -OCH3 is 1. The number of para-hydroxylation sites is 1. The quantitative estimate of drug-likeness (QED) is 0.905. The highest BCUT2D eigenvalue weighted by atomic mass is 16.5. The number of likely N-dealkylation sites (tertiary alicyclic amines) is 1. The average molecular weight is 261 g/mol. The van der Waals surface area contributed by atoms with E-state index in [0.29, 0.717) is 5.92 Å². The summed E-state index contributed by atoms with van der Waals surface area (Å²) >= 11 is 0. The third-order valence-electron chi connectivity index (χ3n) is 3.92. The highest BCUT2D eigenvalue weighted by molar-refractivity contribution is 5.81. The van der Waals surface area contributed by atoms with E-state index in [1.165, 1.54) is 0 Å². The molecule has 0 spiro atoms. The number of hydrogen-bond acceptors (Lipinski definition) is 3. The van der Waals surface area contributed by atoms with Gasteiger partial charge in [0.2, 0.25) is 0 Å². The van der Waals surface area contributed by atoms with Crippen LogP contribution in [0.5, 0.6) is 5.75 Å². The van der Waals surface area contributed by atoms with E-state index in [9.17, 15) is 4.79 Å². The standard InChI is InChI=1S/C14H19N3O2/c1-16-7-6-10(8-16)9-17-11-4-3-5-12(19-2)13(11)15-14(17)18/h3-5,10H,6-9H2,1-2H3,(H,15,18). The van der Waals surface area contributed by atoms with Gasteiger partial charge >= 0.3 is 5.69 Å². The molecule has 1 aromatic carbocycles. The smallest absolute Gasteiger partial charge is 0.326 e. The molecule has 2 aromatic rings. The van der Waals surface area contributed by atoms with Gasteiger partial charge in [0.15, 0.2) is 0 Å². The van der Waals surface area contributed by atoms with Crippen LogP contribution in [0.4, 0.5) is 0 Å². The molecular weight excluding hydrogens is 242 g/mol. The Morgan fingerprint density at radius 2 is 2.32 bits per heavy atom. The van der Waals surface area contributed by atoms with E-state index in [2.05, 4.69) is 16.9 Å². The molecule has 1 aromatic heterocycles. The number of fused-ring (bicyclic) bond motifs is 1. The summed E-state index contributed by atoms with van der Waals surface area (Å²) in [6.07, 6.45) is 1.15. The van der Waals surface area contributed by atoms with E-state index < -0.39 is 0 Å². The number of aromatic amines is 1. The first-order valence-electron chi connectivity index (χ1n) is 6.63. The Bertz CT molecular complexity index is 644. The van der Waals surface area contributed by atoms with Crippen LogP contribution in [0.3, 0.4) is 0 Å². The predicted octanol–water partition coefficient (Wildman–Crippen LogP) is 1.29. The fraction of sp³-hybridized carbons (Fsp3) is 0.500. The molecule has 0 radical (unpaired) electrons. The summed E-state index contributed by atoms with van der Waals surface area (Å²) in [6, 6.07) is 5.76. The summed E-state index contributed by atoms with van der Waals surface area (Å²) in [5.74, 6) is 1.27. The number of ether oxygens (including phenoxy) is 1. The van der Waals surface area contributed by atoms with Crippen LogP contribution in [0.25, 0.3) is 11.0 Å². The topological polar surface area (TPSA) is 50.3 Å². The van der Waals surface area contributed by atoms with E-state index >= 15 is 0 Å². The second-order valence-electron chi connectivity index (χ2n) is 5.31. The zero-order chi connectivity index (χ0) is 13.4. The normalized spacial score (nSPS) is 20.2. The zero-order valence-electron chi connectivity index (χ0n) is 11.3. The summed E-state index contributed by atoms with van der Waals surface area (Å²) in [5.41, 5.74) is 1.68. The molecular formula is C14H19N3O2. The van der Waals surface area contributed by atoms with Gasteiger partial charge in [-0.05, 0) is 38.1 Å². The van der Waals surface area contributed by atoms with E-state index in [0.717, 1.165) is 42.8 Å². The average Bonchev–Trinajstić information content (AvgIpc) is 2.94. The Balaban J connectivity index is 1.99. The number of nitrogens with one attached hydrogen (secondary N) is 1. The van der Waals surface area contributed by atoms with Crippen molar-refractivity contribution in [3.8, 4) is 5.75 Å². The molecule has 1 atom stereocenters. The SMILES string of the molecule is COc1cccc2c1[nH]c(=O)n2CC1CCN(C)C1. The van der Waals surface area contributed by atoms with Crippen LogP contribution in [-0.2, 0) is 6.54 Å². The number of nitrogens with zero attached hydrogens (tertiary/aromatic N) is 2. The molecule has 2 heterocycles. The molecule has 0 saturated carbocycles. The highest BCUT2D eigenvalue weighted by Crippen LogP contribution is 2.24. The van der Waals surface area contributed by atoms with Gasteiger partial charge in [-0.2, -0.15) is 0 Å². The summed E-state index contributed by atoms with van der Waals surface area (Å²) < 4.78 is 7.13. The van der Waals surface area contributed by atoms with Crippen LogP contribution in [0, 0.1) is 5.92 Å². The van der Waals surface area contributed by atoms with Gasteiger partial charge in [-0.15, -0.1) is 0 Å². The van der Waals surface area contributed by atoms with Crippen LogP contribution >= 0.6 is 0 Å². The van der Waals surface area contributed by atoms with Crippen LogP contribution in [0.1, 0.15) is 6.42 Å². The lowest BCUT2D eigenvalue weighted by molar-refractivity contribution is 0.378. The number of hydrogen-bond donors (Lipinski definition) is 1. The summed E-state index contributed by atoms with van der Waals surface area (Å²) in [6.45, 7) is 2.95. The second-order valence-corrected chi connectivity index (χ2v) is 5.31. The van der Waals surface area contributed by atoms with E-state index in [1.54, 1.807) is 7.11 Å². The van der Waals surface area contributed by atoms with Gasteiger partial charge in [0.25, 0.3) is 0 Å². The Morgan fingerprint density at radius 3 is 3.00 bits per heavy atom. The summed E-state index contributed by atoms with van der Waals surface area (Å²) in [7, 11) is 3.75. The molecule has 5 heteroatoms. The van der Waals surface area contributed by atoms with Crippen LogP contribution < -0.4 is 10.4 Å². The van der Waals surface area contributed by atoms with Crippen molar-refractivity contribution in [2.45, 2.75) is 13.0 Å². The minimum Gasteiger partial charge on any atom is -0.494 e. The first-order chi connectivity index (χ1) is 9.19. The molecule has 19 heavy (non-hydrogen) atoms. The molecule has 1 unspecified atom stereocenters. The van der Waals surface area contributed by atoms with Crippen molar-refractivity contribution >= 4 is 11.0 Å². The van der Waals surface area contributed by atoms with Gasteiger partial charge in [-0.3, -0.25) is 4.57 Å². The maximum Gasteiger partial charge on any atom is 0.326 e. The van der Waals surface area contributed by atoms with Crippen molar-refractivity contribution in [3.63, 3.8) is 0 Å². The Kier molecular flexibility index (Phi) is 3.06. The minimum atomic E-state index is -0.0472. The minimum absolute atomic E-state index is 0.0472. The fourth-order valence-corrected chi connectivity index (χ4v) is 2.94. The third-order valence-corrected chi connectivity index (χ3v) is 3.92. The fourth-order valence-electron chi connectivity index (χ4n) is 2.94. The first-order valence-corrected chi connectivity index (χ1v) is 6.63. The zero-order valence-corrected chi connectivity index (χ0v) is 11.3. The van der Waals surface area contributed by atoms with Crippen molar-refractivity contribution in [1.82, 2.24) is 14.5 Å². The maximum absolute atomic E-state index is 12.1. The molecule has 1 N–H and O–H groups in total. The van der Waals surface area contributed by atoms with Crippen LogP contribution in [-0.4, -0.2) is 41.7 Å². The molecule has 1 fully saturated rings. The van der Waals surface area contributed by atoms with E-state index in [-0.39, 0.29) is 5.69 Å². The lowest BCUT2D eigenvalue weighted by atomic mass is 10.1. The number of imidazole rings is 1. The molecule has 1 saturated heterocycles. The van der Waals surface area contributed by atoms with Gasteiger partial charge in [-0.1, -0.05) is 6.07 Å². The van der Waals surface area contributed by atoms with E-state index in [1.807, 2.05) is 22.8 Å². The van der Waals surface area contributed by atoms with Gasteiger partial charge < -0.3 is 14.6 Å². The van der Waals surface area contributed by atoms with Crippen molar-refractivity contribution in [1.29, 1.82) is 0 Å². The van der Waals surface area contributed by atoms with Gasteiger partial charge in [0, 0.05) is 13.1 Å². The highest BCUT2D eigenvalue weighted by Gasteiger charge is 2.21. The van der Waals surface area contributed by atoms with Crippen LogP contribution in [0.15, 0.2) is 23.0 Å². The van der Waals surface area contributed by atoms with Gasteiger partial charge in [0.05, 0.1) is 12.6 Å². The van der Waals surface area contributed by atoms with Crippen molar-refractivity contribution in [2.24, 2.45) is 5.92 Å². The molecule has 0 aliphatic carbocycles. The number of rotatable bonds is 3.